The third-order valence-electron chi connectivity index (χ3n) is 5.60. The highest BCUT2D eigenvalue weighted by Gasteiger charge is 2.31. The van der Waals surface area contributed by atoms with E-state index < -0.39 is 0 Å². The molecule has 0 saturated carbocycles. The van der Waals surface area contributed by atoms with Gasteiger partial charge in [0.2, 0.25) is 5.78 Å². The minimum absolute atomic E-state index is 0.0605. The van der Waals surface area contributed by atoms with E-state index in [1.807, 2.05) is 30.3 Å². The normalized spacial score (nSPS) is 18.6. The molecule has 0 amide bonds. The predicted octanol–water partition coefficient (Wildman–Crippen LogP) is 2.69. The molecule has 0 bridgehead atoms. The molecular formula is C23H21NO4. The first-order valence-electron chi connectivity index (χ1n) is 9.78. The van der Waals surface area contributed by atoms with Gasteiger partial charge in [0.1, 0.15) is 23.6 Å². The summed E-state index contributed by atoms with van der Waals surface area (Å²) < 4.78 is 11.7. The second kappa shape index (κ2) is 6.84. The highest BCUT2D eigenvalue weighted by atomic mass is 16.5. The highest BCUT2D eigenvalue weighted by molar-refractivity contribution is 6.14. The van der Waals surface area contributed by atoms with E-state index in [0.29, 0.717) is 29.2 Å². The van der Waals surface area contributed by atoms with Gasteiger partial charge in [-0.05, 0) is 37.5 Å². The molecule has 1 N–H and O–H groups in total. The molecule has 28 heavy (non-hydrogen) atoms. The Labute approximate surface area is 162 Å². The van der Waals surface area contributed by atoms with Gasteiger partial charge in [0, 0.05) is 17.0 Å². The number of piperidine rings is 1. The summed E-state index contributed by atoms with van der Waals surface area (Å²) in [4.78, 5) is 14.2. The van der Waals surface area contributed by atoms with Gasteiger partial charge < -0.3 is 19.2 Å². The van der Waals surface area contributed by atoms with E-state index in [4.69, 9.17) is 9.15 Å². The lowest BCUT2D eigenvalue weighted by Crippen LogP contribution is -3.11. The van der Waals surface area contributed by atoms with Crippen LogP contribution in [0.4, 0.5) is 0 Å². The standard InChI is InChI=1S/C23H21NO4/c25-19-9-8-17-22(26)21(13-16-12-15-6-2-3-7-20(15)27-16)28-23(17)18(19)14-24-10-4-1-5-11-24/h2-3,6-9,12-13,25H,1,4-5,10-11,14H2. The summed E-state index contributed by atoms with van der Waals surface area (Å²) in [6, 6.07) is 12.6. The summed E-state index contributed by atoms with van der Waals surface area (Å²) in [7, 11) is 0. The number of carbonyl (C=O) groups excluding carboxylic acids is 1. The molecule has 2 aliphatic heterocycles. The summed E-state index contributed by atoms with van der Waals surface area (Å²) >= 11 is 0. The Morgan fingerprint density at radius 3 is 2.71 bits per heavy atom. The number of benzene rings is 2. The van der Waals surface area contributed by atoms with Gasteiger partial charge in [-0.2, -0.15) is 0 Å². The summed E-state index contributed by atoms with van der Waals surface area (Å²) in [6.45, 7) is 2.71. The molecule has 3 heterocycles. The van der Waals surface area contributed by atoms with Crippen LogP contribution in [0.25, 0.3) is 17.0 Å². The van der Waals surface area contributed by atoms with Crippen molar-refractivity contribution in [3.8, 4) is 11.5 Å². The quantitative estimate of drug-likeness (QED) is 0.715. The second-order valence-corrected chi connectivity index (χ2v) is 7.53. The number of quaternary nitrogens is 1. The number of carbonyl (C=O) groups is 1. The van der Waals surface area contributed by atoms with Crippen LogP contribution in [0.2, 0.25) is 0 Å². The van der Waals surface area contributed by atoms with E-state index in [1.54, 1.807) is 12.1 Å². The van der Waals surface area contributed by atoms with Gasteiger partial charge in [0.15, 0.2) is 5.76 Å². The number of nitrogens with one attached hydrogen (secondary N) is 1. The van der Waals surface area contributed by atoms with Crippen molar-refractivity contribution in [3.05, 3.63) is 65.1 Å². The maximum absolute atomic E-state index is 12.8. The van der Waals surface area contributed by atoms with Crippen molar-refractivity contribution in [2.45, 2.75) is 25.8 Å². The van der Waals surface area contributed by atoms with Gasteiger partial charge in [-0.3, -0.25) is 4.79 Å². The van der Waals surface area contributed by atoms with E-state index in [1.165, 1.54) is 30.2 Å². The Balaban J connectivity index is 1.48. The van der Waals surface area contributed by atoms with Crippen molar-refractivity contribution >= 4 is 22.8 Å². The number of likely N-dealkylation sites (tertiary alicyclic amines) is 1. The van der Waals surface area contributed by atoms with Crippen LogP contribution in [0.3, 0.4) is 0 Å². The number of para-hydroxylation sites is 1. The first-order chi connectivity index (χ1) is 13.7. The molecule has 0 radical (unpaired) electrons. The lowest BCUT2D eigenvalue weighted by atomic mass is 10.0. The van der Waals surface area contributed by atoms with Gasteiger partial charge in [0.05, 0.1) is 18.7 Å². The molecule has 1 fully saturated rings. The Morgan fingerprint density at radius 2 is 1.89 bits per heavy atom. The van der Waals surface area contributed by atoms with Crippen molar-refractivity contribution in [2.75, 3.05) is 13.1 Å². The van der Waals surface area contributed by atoms with Crippen LogP contribution >= 0.6 is 0 Å². The van der Waals surface area contributed by atoms with Gasteiger partial charge in [-0.1, -0.05) is 30.0 Å². The van der Waals surface area contributed by atoms with Crippen LogP contribution < -0.4 is 14.7 Å². The monoisotopic (exact) mass is 375 g/mol. The van der Waals surface area contributed by atoms with Crippen LogP contribution in [0.5, 0.6) is 11.5 Å². The van der Waals surface area contributed by atoms with Crippen LogP contribution in [0, 0.1) is 0 Å². The molecule has 2 aromatic carbocycles. The minimum Gasteiger partial charge on any atom is -0.872 e. The predicted molar refractivity (Wildman–Crippen MR) is 103 cm³/mol. The molecule has 0 aliphatic carbocycles. The SMILES string of the molecule is O=C1C(=Cc2cc3ccccc3o2)Oc2c1ccc([O-])c2C[NH+]1CCCCC1. The van der Waals surface area contributed by atoms with Crippen molar-refractivity contribution in [2.24, 2.45) is 0 Å². The van der Waals surface area contributed by atoms with Crippen molar-refractivity contribution in [1.82, 2.24) is 0 Å². The number of hydrogen-bond donors (Lipinski definition) is 1. The van der Waals surface area contributed by atoms with Crippen molar-refractivity contribution < 1.29 is 24.0 Å². The number of hydrogen-bond acceptors (Lipinski definition) is 4. The molecule has 5 heteroatoms. The molecule has 2 aliphatic rings. The number of furan rings is 1. The lowest BCUT2D eigenvalue weighted by molar-refractivity contribution is -0.918. The average molecular weight is 375 g/mol. The Bertz CT molecular complexity index is 1060. The molecule has 0 unspecified atom stereocenters. The minimum atomic E-state index is -0.203. The molecule has 1 aromatic heterocycles. The Morgan fingerprint density at radius 1 is 1.07 bits per heavy atom. The zero-order valence-corrected chi connectivity index (χ0v) is 15.5. The first kappa shape index (κ1) is 17.1. The number of fused-ring (bicyclic) bond motifs is 2. The maximum Gasteiger partial charge on any atom is 0.232 e. The molecule has 0 spiro atoms. The molecule has 5 nitrogen and oxygen atoms in total. The van der Waals surface area contributed by atoms with Crippen LogP contribution in [-0.4, -0.2) is 18.9 Å². The van der Waals surface area contributed by atoms with E-state index >= 15 is 0 Å². The molecule has 3 aromatic rings. The highest BCUT2D eigenvalue weighted by Crippen LogP contribution is 2.38. The van der Waals surface area contributed by atoms with Gasteiger partial charge in [-0.25, -0.2) is 0 Å². The number of ether oxygens (including phenoxy) is 1. The first-order valence-corrected chi connectivity index (χ1v) is 9.78. The summed E-state index contributed by atoms with van der Waals surface area (Å²) in [5, 5.41) is 13.5. The summed E-state index contributed by atoms with van der Waals surface area (Å²) in [5.74, 6) is 0.926. The lowest BCUT2D eigenvalue weighted by Gasteiger charge is -2.26. The zero-order chi connectivity index (χ0) is 19.1. The fourth-order valence-electron chi connectivity index (χ4n) is 4.14. The molecular weight excluding hydrogens is 354 g/mol. The van der Waals surface area contributed by atoms with Gasteiger partial charge in [-0.15, -0.1) is 0 Å². The molecule has 0 atom stereocenters. The van der Waals surface area contributed by atoms with Gasteiger partial charge >= 0.3 is 0 Å². The van der Waals surface area contributed by atoms with E-state index in [9.17, 15) is 9.90 Å². The Hall–Kier alpha value is -3.05. The van der Waals surface area contributed by atoms with Crippen molar-refractivity contribution in [3.63, 3.8) is 0 Å². The Kier molecular flexibility index (Phi) is 4.17. The van der Waals surface area contributed by atoms with E-state index in [0.717, 1.165) is 24.1 Å². The summed E-state index contributed by atoms with van der Waals surface area (Å²) in [6.07, 6.45) is 5.22. The van der Waals surface area contributed by atoms with Crippen molar-refractivity contribution in [1.29, 1.82) is 0 Å². The van der Waals surface area contributed by atoms with Gasteiger partial charge in [0.25, 0.3) is 0 Å². The third-order valence-corrected chi connectivity index (χ3v) is 5.60. The largest absolute Gasteiger partial charge is 0.872 e. The zero-order valence-electron chi connectivity index (χ0n) is 15.5. The number of rotatable bonds is 3. The average Bonchev–Trinajstić information content (AvgIpc) is 3.26. The van der Waals surface area contributed by atoms with Crippen LogP contribution in [-0.2, 0) is 6.54 Å². The van der Waals surface area contributed by atoms with Crippen LogP contribution in [0.1, 0.15) is 40.9 Å². The second-order valence-electron chi connectivity index (χ2n) is 7.53. The molecule has 1 saturated heterocycles. The fraction of sp³-hybridized carbons (Fsp3) is 0.261. The summed E-state index contributed by atoms with van der Waals surface area (Å²) in [5.41, 5.74) is 1.83. The molecule has 142 valence electrons. The maximum atomic E-state index is 12.8. The fourth-order valence-corrected chi connectivity index (χ4v) is 4.14. The van der Waals surface area contributed by atoms with Crippen LogP contribution in [0.15, 0.2) is 52.6 Å². The smallest absolute Gasteiger partial charge is 0.232 e. The number of Topliss-reactive ketones (excluding diaryl/α,β-unsaturated/α-hetero) is 1. The molecule has 5 rings (SSSR count). The van der Waals surface area contributed by atoms with E-state index in [-0.39, 0.29) is 17.3 Å². The topological polar surface area (TPSA) is 66.9 Å². The number of allylic oxidation sites excluding steroid dienone is 1. The van der Waals surface area contributed by atoms with E-state index in [2.05, 4.69) is 0 Å². The third kappa shape index (κ3) is 2.98. The number of ketones is 1.